The Morgan fingerprint density at radius 1 is 1.00 bits per heavy atom. The predicted octanol–water partition coefficient (Wildman–Crippen LogP) is 6.49. The van der Waals surface area contributed by atoms with E-state index in [1.165, 1.54) is 14.2 Å². The molecule has 1 aliphatic heterocycles. The van der Waals surface area contributed by atoms with Crippen LogP contribution in [-0.4, -0.2) is 76.7 Å². The number of benzene rings is 2. The van der Waals surface area contributed by atoms with E-state index in [2.05, 4.69) is 36.5 Å². The van der Waals surface area contributed by atoms with Crippen LogP contribution in [0.2, 0.25) is 19.6 Å². The molecule has 0 saturated heterocycles. The van der Waals surface area contributed by atoms with Gasteiger partial charge in [0.25, 0.3) is 6.01 Å². The van der Waals surface area contributed by atoms with Crippen LogP contribution in [0, 0.1) is 0 Å². The molecule has 266 valence electrons. The summed E-state index contributed by atoms with van der Waals surface area (Å²) in [5, 5.41) is 0. The van der Waals surface area contributed by atoms with E-state index in [9.17, 15) is 9.59 Å². The van der Waals surface area contributed by atoms with Crippen LogP contribution in [0.1, 0.15) is 56.4 Å². The molecule has 0 amide bonds. The number of nitrogens with one attached hydrogen (secondary N) is 1. The van der Waals surface area contributed by atoms with Gasteiger partial charge in [0, 0.05) is 23.6 Å². The fourth-order valence-electron chi connectivity index (χ4n) is 5.43. The lowest BCUT2D eigenvalue weighted by molar-refractivity contribution is -0.145. The van der Waals surface area contributed by atoms with Crippen LogP contribution in [0.3, 0.4) is 0 Å². The minimum absolute atomic E-state index is 0.0184. The Morgan fingerprint density at radius 3 is 2.51 bits per heavy atom. The minimum Gasteiger partial charge on any atom is -0.497 e. The Morgan fingerprint density at radius 2 is 1.80 bits per heavy atom. The first-order valence-electron chi connectivity index (χ1n) is 16.5. The fourth-order valence-corrected chi connectivity index (χ4v) is 7.07. The summed E-state index contributed by atoms with van der Waals surface area (Å²) in [6.45, 7) is 10.8. The van der Waals surface area contributed by atoms with Crippen molar-refractivity contribution in [3.05, 3.63) is 65.0 Å². The molecule has 1 aromatic heterocycles. The van der Waals surface area contributed by atoms with E-state index in [1.807, 2.05) is 12.1 Å². The first kappa shape index (κ1) is 37.3. The molecule has 1 unspecified atom stereocenters. The Hall–Kier alpha value is -4.49. The van der Waals surface area contributed by atoms with Crippen LogP contribution in [0.4, 0.5) is 0 Å². The van der Waals surface area contributed by atoms with Crippen molar-refractivity contribution in [2.24, 2.45) is 0 Å². The number of methoxy groups -OCH3 is 2. The summed E-state index contributed by atoms with van der Waals surface area (Å²) in [6, 6.07) is 10.8. The summed E-state index contributed by atoms with van der Waals surface area (Å²) in [5.74, 6) is 0.842. The maximum absolute atomic E-state index is 13.6. The predicted molar refractivity (Wildman–Crippen MR) is 186 cm³/mol. The molecule has 0 aliphatic carbocycles. The van der Waals surface area contributed by atoms with E-state index >= 15 is 0 Å². The Balaban J connectivity index is 1.75. The van der Waals surface area contributed by atoms with Gasteiger partial charge in [-0.05, 0) is 43.2 Å². The van der Waals surface area contributed by atoms with E-state index in [0.29, 0.717) is 34.1 Å². The molecule has 2 aromatic carbocycles. The van der Waals surface area contributed by atoms with Crippen molar-refractivity contribution in [1.82, 2.24) is 9.97 Å². The zero-order valence-electron chi connectivity index (χ0n) is 29.5. The van der Waals surface area contributed by atoms with E-state index in [0.717, 1.165) is 31.2 Å². The van der Waals surface area contributed by atoms with E-state index < -0.39 is 20.0 Å². The maximum atomic E-state index is 13.6. The molecule has 1 atom stereocenters. The second-order valence-corrected chi connectivity index (χ2v) is 17.9. The van der Waals surface area contributed by atoms with Crippen LogP contribution in [-0.2, 0) is 30.2 Å². The summed E-state index contributed by atoms with van der Waals surface area (Å²) >= 11 is 0. The van der Waals surface area contributed by atoms with Gasteiger partial charge < -0.3 is 42.9 Å². The van der Waals surface area contributed by atoms with Gasteiger partial charge in [-0.25, -0.2) is 14.6 Å². The van der Waals surface area contributed by atoms with Crippen LogP contribution in [0.25, 0.3) is 5.57 Å². The number of fused-ring (bicyclic) bond motifs is 1. The lowest BCUT2D eigenvalue weighted by Crippen LogP contribution is -2.41. The van der Waals surface area contributed by atoms with Crippen LogP contribution >= 0.6 is 0 Å². The van der Waals surface area contributed by atoms with Gasteiger partial charge in [-0.1, -0.05) is 51.9 Å². The van der Waals surface area contributed by atoms with Gasteiger partial charge in [0.15, 0.2) is 24.9 Å². The quantitative estimate of drug-likeness (QED) is 0.0485. The van der Waals surface area contributed by atoms with Gasteiger partial charge in [-0.2, -0.15) is 0 Å². The van der Waals surface area contributed by atoms with Gasteiger partial charge >= 0.3 is 11.9 Å². The average molecular weight is 697 g/mol. The topological polar surface area (TPSA) is 137 Å². The monoisotopic (exact) mass is 696 g/mol. The minimum atomic E-state index is -1.61. The number of carbonyl (C=O) groups is 2. The van der Waals surface area contributed by atoms with Crippen molar-refractivity contribution in [2.75, 3.05) is 41.0 Å². The fraction of sp³-hybridized carbons (Fsp3) is 0.472. The molecule has 13 heteroatoms. The molecule has 0 bridgehead atoms. The molecule has 0 fully saturated rings. The van der Waals surface area contributed by atoms with E-state index in [1.54, 1.807) is 37.4 Å². The van der Waals surface area contributed by atoms with Crippen LogP contribution in [0.15, 0.2) is 48.2 Å². The number of ether oxygens (including phenoxy) is 8. The maximum Gasteiger partial charge on any atom is 0.344 e. The molecule has 4 rings (SSSR count). The number of unbranched alkanes of at least 4 members (excludes halogenated alkanes) is 2. The van der Waals surface area contributed by atoms with Crippen molar-refractivity contribution < 1.29 is 47.5 Å². The van der Waals surface area contributed by atoms with E-state index in [4.69, 9.17) is 37.9 Å². The second kappa shape index (κ2) is 17.8. The number of hydrogen-bond acceptors (Lipinski definition) is 11. The molecule has 0 radical (unpaired) electrons. The Bertz CT molecular complexity index is 1600. The van der Waals surface area contributed by atoms with Crippen LogP contribution < -0.4 is 23.7 Å². The number of rotatable bonds is 19. The second-order valence-electron chi connectivity index (χ2n) is 12.5. The summed E-state index contributed by atoms with van der Waals surface area (Å²) in [6.07, 6.45) is 6.11. The van der Waals surface area contributed by atoms with Crippen LogP contribution in [0.5, 0.6) is 29.0 Å². The molecule has 0 spiro atoms. The summed E-state index contributed by atoms with van der Waals surface area (Å²) in [7, 11) is 1.24. The third-order valence-electron chi connectivity index (χ3n) is 7.98. The zero-order chi connectivity index (χ0) is 35.4. The Kier molecular flexibility index (Phi) is 13.5. The summed E-state index contributed by atoms with van der Waals surface area (Å²) in [5.41, 5.74) is 2.55. The normalized spacial score (nSPS) is 13.4. The van der Waals surface area contributed by atoms with Gasteiger partial charge in [-0.15, -0.1) is 0 Å². The zero-order valence-corrected chi connectivity index (χ0v) is 30.5. The highest BCUT2D eigenvalue weighted by Crippen LogP contribution is 2.39. The van der Waals surface area contributed by atoms with Gasteiger partial charge in [0.2, 0.25) is 6.79 Å². The molecular formula is C36H48N2O10Si. The molecular weight excluding hydrogens is 648 g/mol. The summed E-state index contributed by atoms with van der Waals surface area (Å²) in [4.78, 5) is 33.6. The smallest absolute Gasteiger partial charge is 0.344 e. The van der Waals surface area contributed by atoms with Crippen molar-refractivity contribution in [1.29, 1.82) is 0 Å². The lowest BCUT2D eigenvalue weighted by Gasteiger charge is -2.28. The number of nitrogens with zero attached hydrogens (tertiary/aromatic N) is 1. The van der Waals surface area contributed by atoms with Gasteiger partial charge in [0.1, 0.15) is 11.5 Å². The third kappa shape index (κ3) is 10.3. The summed E-state index contributed by atoms with van der Waals surface area (Å²) < 4.78 is 45.1. The molecule has 12 nitrogen and oxygen atoms in total. The SMILES string of the molecule is CCCCCC(OCOc1ncc(C(=C(Cc2ccc3c(c2)OCO3)C(=O)OC)c2ccc(OC)cc2OCC(=O)OCC)[nH]1)[Si](C)(C)C. The number of esters is 2. The first-order chi connectivity index (χ1) is 23.6. The van der Waals surface area contributed by atoms with Gasteiger partial charge in [0.05, 0.1) is 52.1 Å². The van der Waals surface area contributed by atoms with Gasteiger partial charge in [-0.3, -0.25) is 0 Å². The van der Waals surface area contributed by atoms with Crippen molar-refractivity contribution >= 4 is 25.6 Å². The highest BCUT2D eigenvalue weighted by atomic mass is 28.3. The molecule has 2 heterocycles. The van der Waals surface area contributed by atoms with Crippen molar-refractivity contribution in [3.63, 3.8) is 0 Å². The highest BCUT2D eigenvalue weighted by Gasteiger charge is 2.28. The Labute approximate surface area is 289 Å². The average Bonchev–Trinajstić information content (AvgIpc) is 3.75. The van der Waals surface area contributed by atoms with E-state index in [-0.39, 0.29) is 56.3 Å². The van der Waals surface area contributed by atoms with Crippen molar-refractivity contribution in [3.8, 4) is 29.0 Å². The standard InChI is InChI=1S/C36H48N2O10Si/c1-8-10-11-12-33(49(5,6)7)47-23-48-36-37-20-28(38-36)34(26-15-14-25(41-3)19-30(26)44-21-32(39)43-9-2)27(35(40)42-4)17-24-13-16-29-31(18-24)46-22-45-29/h13-16,18-20,33H,8-12,17,21-23H2,1-7H3,(H,37,38). The number of aromatic nitrogens is 2. The third-order valence-corrected chi connectivity index (χ3v) is 10.4. The number of aromatic amines is 1. The number of imidazole rings is 1. The largest absolute Gasteiger partial charge is 0.497 e. The highest BCUT2D eigenvalue weighted by molar-refractivity contribution is 6.77. The molecule has 49 heavy (non-hydrogen) atoms. The molecule has 1 aliphatic rings. The lowest BCUT2D eigenvalue weighted by atomic mass is 9.92. The number of carbonyl (C=O) groups excluding carboxylic acids is 2. The molecule has 3 aromatic rings. The number of H-pyrrole nitrogens is 1. The molecule has 0 saturated carbocycles. The van der Waals surface area contributed by atoms with Crippen molar-refractivity contribution in [2.45, 2.75) is 71.3 Å². The first-order valence-corrected chi connectivity index (χ1v) is 20.1. The number of hydrogen-bond donors (Lipinski definition) is 1. The molecule has 1 N–H and O–H groups in total.